The average molecular weight is 439 g/mol. The lowest BCUT2D eigenvalue weighted by molar-refractivity contribution is -0.123. The maximum atomic E-state index is 12.4. The molecule has 0 spiro atoms. The Kier molecular flexibility index (Phi) is 6.68. The highest BCUT2D eigenvalue weighted by atomic mass is 32.2. The molecule has 0 heterocycles. The van der Waals surface area contributed by atoms with Gasteiger partial charge in [0.1, 0.15) is 5.75 Å². The first-order valence-corrected chi connectivity index (χ1v) is 10.8. The number of carbonyl (C=O) groups excluding carboxylic acids is 2. The van der Waals surface area contributed by atoms with Crippen molar-refractivity contribution in [3.05, 3.63) is 83.9 Å². The van der Waals surface area contributed by atoms with Crippen molar-refractivity contribution in [1.82, 2.24) is 10.9 Å². The standard InChI is InChI=1S/C22H21N3O5S/c1-15-11-12-17(31(23,28)29)13-19(15)22(27)25-24-21(26)14-30-20-10-6-5-9-18(20)16-7-3-2-4-8-16/h2-13H,14H2,1H3,(H,24,26)(H,25,27)(H2,23,28,29). The summed E-state index contributed by atoms with van der Waals surface area (Å²) in [4.78, 5) is 24.3. The van der Waals surface area contributed by atoms with Crippen LogP contribution >= 0.6 is 0 Å². The van der Waals surface area contributed by atoms with Gasteiger partial charge in [0.15, 0.2) is 6.61 Å². The van der Waals surface area contributed by atoms with Crippen LogP contribution in [0.4, 0.5) is 0 Å². The van der Waals surface area contributed by atoms with E-state index in [4.69, 9.17) is 9.88 Å². The van der Waals surface area contributed by atoms with Crippen molar-refractivity contribution in [2.24, 2.45) is 5.14 Å². The van der Waals surface area contributed by atoms with Crippen LogP contribution in [0.5, 0.6) is 5.75 Å². The molecule has 31 heavy (non-hydrogen) atoms. The molecule has 3 aromatic rings. The quantitative estimate of drug-likeness (QED) is 0.507. The average Bonchev–Trinajstić information content (AvgIpc) is 2.76. The minimum Gasteiger partial charge on any atom is -0.483 e. The van der Waals surface area contributed by atoms with Crippen LogP contribution in [0.15, 0.2) is 77.7 Å². The third-order valence-corrected chi connectivity index (χ3v) is 5.34. The van der Waals surface area contributed by atoms with E-state index in [1.165, 1.54) is 12.1 Å². The van der Waals surface area contributed by atoms with Crippen LogP contribution in [0.25, 0.3) is 11.1 Å². The minimum atomic E-state index is -3.96. The van der Waals surface area contributed by atoms with Gasteiger partial charge in [-0.2, -0.15) is 0 Å². The summed E-state index contributed by atoms with van der Waals surface area (Å²) < 4.78 is 28.6. The van der Waals surface area contributed by atoms with E-state index >= 15 is 0 Å². The maximum absolute atomic E-state index is 12.4. The lowest BCUT2D eigenvalue weighted by Gasteiger charge is -2.13. The molecule has 0 bridgehead atoms. The van der Waals surface area contributed by atoms with Crippen molar-refractivity contribution < 1.29 is 22.7 Å². The molecule has 0 aliphatic heterocycles. The molecule has 0 saturated carbocycles. The summed E-state index contributed by atoms with van der Waals surface area (Å²) in [5.41, 5.74) is 6.86. The fourth-order valence-electron chi connectivity index (χ4n) is 2.84. The number of nitrogens with two attached hydrogens (primary N) is 1. The van der Waals surface area contributed by atoms with Crippen LogP contribution in [0, 0.1) is 6.92 Å². The Morgan fingerprint density at radius 3 is 2.32 bits per heavy atom. The highest BCUT2D eigenvalue weighted by molar-refractivity contribution is 7.89. The number of hydrogen-bond donors (Lipinski definition) is 3. The van der Waals surface area contributed by atoms with Gasteiger partial charge in [-0.15, -0.1) is 0 Å². The molecule has 160 valence electrons. The second-order valence-corrected chi connectivity index (χ2v) is 8.24. The summed E-state index contributed by atoms with van der Waals surface area (Å²) in [6, 6.07) is 20.8. The second-order valence-electron chi connectivity index (χ2n) is 6.67. The summed E-state index contributed by atoms with van der Waals surface area (Å²) in [7, 11) is -3.96. The number of rotatable bonds is 6. The lowest BCUT2D eigenvalue weighted by atomic mass is 10.1. The van der Waals surface area contributed by atoms with Crippen LogP contribution in [0.2, 0.25) is 0 Å². The summed E-state index contributed by atoms with van der Waals surface area (Å²) in [5.74, 6) is -0.746. The zero-order valence-electron chi connectivity index (χ0n) is 16.7. The van der Waals surface area contributed by atoms with E-state index in [-0.39, 0.29) is 17.1 Å². The van der Waals surface area contributed by atoms with Gasteiger partial charge < -0.3 is 4.74 Å². The van der Waals surface area contributed by atoms with Crippen molar-refractivity contribution in [3.63, 3.8) is 0 Å². The summed E-state index contributed by atoms with van der Waals surface area (Å²) in [5, 5.41) is 5.10. The Bertz CT molecular complexity index is 1210. The molecule has 2 amide bonds. The van der Waals surface area contributed by atoms with E-state index in [2.05, 4.69) is 10.9 Å². The Morgan fingerprint density at radius 1 is 0.935 bits per heavy atom. The predicted molar refractivity (Wildman–Crippen MR) is 116 cm³/mol. The Balaban J connectivity index is 1.62. The number of sulfonamides is 1. The molecular weight excluding hydrogens is 418 g/mol. The topological polar surface area (TPSA) is 128 Å². The molecule has 0 atom stereocenters. The largest absolute Gasteiger partial charge is 0.483 e. The van der Waals surface area contributed by atoms with E-state index in [9.17, 15) is 18.0 Å². The number of amides is 2. The van der Waals surface area contributed by atoms with Crippen LogP contribution in [0.1, 0.15) is 15.9 Å². The number of ether oxygens (including phenoxy) is 1. The van der Waals surface area contributed by atoms with Crippen molar-refractivity contribution >= 4 is 21.8 Å². The minimum absolute atomic E-state index is 0.0715. The van der Waals surface area contributed by atoms with Gasteiger partial charge in [-0.3, -0.25) is 20.4 Å². The third-order valence-electron chi connectivity index (χ3n) is 4.43. The molecule has 4 N–H and O–H groups in total. The monoisotopic (exact) mass is 439 g/mol. The van der Waals surface area contributed by atoms with Crippen LogP contribution in [-0.2, 0) is 14.8 Å². The number of benzene rings is 3. The maximum Gasteiger partial charge on any atom is 0.276 e. The molecule has 0 unspecified atom stereocenters. The zero-order valence-corrected chi connectivity index (χ0v) is 17.5. The van der Waals surface area contributed by atoms with Crippen LogP contribution < -0.4 is 20.7 Å². The van der Waals surface area contributed by atoms with Crippen molar-refractivity contribution in [1.29, 1.82) is 0 Å². The molecule has 0 aromatic heterocycles. The molecule has 9 heteroatoms. The molecule has 3 rings (SSSR count). The van der Waals surface area contributed by atoms with Crippen molar-refractivity contribution in [2.45, 2.75) is 11.8 Å². The highest BCUT2D eigenvalue weighted by Crippen LogP contribution is 2.29. The molecule has 0 saturated heterocycles. The Labute approximate surface area is 180 Å². The Morgan fingerprint density at radius 2 is 1.61 bits per heavy atom. The predicted octanol–water partition coefficient (Wildman–Crippen LogP) is 2.15. The highest BCUT2D eigenvalue weighted by Gasteiger charge is 2.16. The van der Waals surface area contributed by atoms with E-state index in [1.54, 1.807) is 19.1 Å². The van der Waals surface area contributed by atoms with Gasteiger partial charge in [-0.25, -0.2) is 13.6 Å². The number of primary sulfonamides is 1. The number of hydrazine groups is 1. The van der Waals surface area contributed by atoms with Gasteiger partial charge in [0, 0.05) is 11.1 Å². The summed E-state index contributed by atoms with van der Waals surface area (Å²) in [6.45, 7) is 1.30. The fraction of sp³-hybridized carbons (Fsp3) is 0.0909. The van der Waals surface area contributed by atoms with Crippen LogP contribution in [-0.4, -0.2) is 26.8 Å². The number of aryl methyl sites for hydroxylation is 1. The van der Waals surface area contributed by atoms with Gasteiger partial charge in [-0.1, -0.05) is 54.6 Å². The molecule has 8 nitrogen and oxygen atoms in total. The fourth-order valence-corrected chi connectivity index (χ4v) is 3.38. The SMILES string of the molecule is Cc1ccc(S(N)(=O)=O)cc1C(=O)NNC(=O)COc1ccccc1-c1ccccc1. The summed E-state index contributed by atoms with van der Waals surface area (Å²) >= 11 is 0. The van der Waals surface area contributed by atoms with Gasteiger partial charge in [-0.05, 0) is 36.2 Å². The molecule has 0 fully saturated rings. The van der Waals surface area contributed by atoms with Gasteiger partial charge >= 0.3 is 0 Å². The smallest absolute Gasteiger partial charge is 0.276 e. The van der Waals surface area contributed by atoms with E-state index < -0.39 is 21.8 Å². The third kappa shape index (κ3) is 5.68. The van der Waals surface area contributed by atoms with E-state index in [1.807, 2.05) is 42.5 Å². The molecule has 0 aliphatic carbocycles. The molecule has 0 aliphatic rings. The summed E-state index contributed by atoms with van der Waals surface area (Å²) in [6.07, 6.45) is 0. The van der Waals surface area contributed by atoms with Crippen molar-refractivity contribution in [3.8, 4) is 16.9 Å². The zero-order chi connectivity index (χ0) is 22.4. The first-order chi connectivity index (χ1) is 14.8. The number of hydrogen-bond acceptors (Lipinski definition) is 5. The van der Waals surface area contributed by atoms with E-state index in [0.717, 1.165) is 17.2 Å². The van der Waals surface area contributed by atoms with Crippen molar-refractivity contribution in [2.75, 3.05) is 6.61 Å². The van der Waals surface area contributed by atoms with Gasteiger partial charge in [0.25, 0.3) is 11.8 Å². The number of nitrogens with one attached hydrogen (secondary N) is 2. The van der Waals surface area contributed by atoms with Gasteiger partial charge in [0.05, 0.1) is 4.90 Å². The molecule has 3 aromatic carbocycles. The molecule has 0 radical (unpaired) electrons. The molecular formula is C22H21N3O5S. The first-order valence-electron chi connectivity index (χ1n) is 9.25. The first kappa shape index (κ1) is 22.0. The number of para-hydroxylation sites is 1. The second kappa shape index (κ2) is 9.41. The van der Waals surface area contributed by atoms with Gasteiger partial charge in [0.2, 0.25) is 10.0 Å². The van der Waals surface area contributed by atoms with E-state index in [0.29, 0.717) is 11.3 Å². The normalized spacial score (nSPS) is 10.9. The Hall–Kier alpha value is -3.69. The van der Waals surface area contributed by atoms with Crippen LogP contribution in [0.3, 0.4) is 0 Å². The lowest BCUT2D eigenvalue weighted by Crippen LogP contribution is -2.44. The number of carbonyl (C=O) groups is 2.